The van der Waals surface area contributed by atoms with Gasteiger partial charge >= 0.3 is 0 Å². The minimum atomic E-state index is -2.87. The van der Waals surface area contributed by atoms with E-state index in [-0.39, 0.29) is 12.2 Å². The van der Waals surface area contributed by atoms with Crippen molar-refractivity contribution in [2.45, 2.75) is 13.0 Å². The van der Waals surface area contributed by atoms with Crippen LogP contribution >= 0.6 is 0 Å². The van der Waals surface area contributed by atoms with Crippen molar-refractivity contribution in [3.63, 3.8) is 0 Å². The van der Waals surface area contributed by atoms with E-state index in [9.17, 15) is 8.78 Å². The second kappa shape index (κ2) is 3.98. The lowest BCUT2D eigenvalue weighted by atomic mass is 10.1. The number of aromatic nitrogens is 1. The average molecular weight is 199 g/mol. The Morgan fingerprint density at radius 3 is 2.71 bits per heavy atom. The normalized spacial score (nSPS) is 10.2. The van der Waals surface area contributed by atoms with Crippen LogP contribution in [0.2, 0.25) is 0 Å². The highest BCUT2D eigenvalue weighted by Crippen LogP contribution is 2.30. The molecule has 1 rings (SSSR count). The summed E-state index contributed by atoms with van der Waals surface area (Å²) in [5.41, 5.74) is 4.05. The first kappa shape index (κ1) is 10.3. The van der Waals surface area contributed by atoms with Crippen LogP contribution in [-0.2, 0) is 6.54 Å². The monoisotopic (exact) mass is 199 g/mol. The third kappa shape index (κ3) is 1.63. The van der Waals surface area contributed by atoms with Gasteiger partial charge in [0.1, 0.15) is 11.6 Å². The van der Waals surface area contributed by atoms with Crippen molar-refractivity contribution in [2.24, 2.45) is 5.73 Å². The van der Waals surface area contributed by atoms with E-state index in [0.29, 0.717) is 0 Å². The van der Waals surface area contributed by atoms with Crippen molar-refractivity contribution in [3.8, 4) is 11.8 Å². The van der Waals surface area contributed by atoms with Crippen LogP contribution in [0.1, 0.15) is 23.2 Å². The molecular formula is C8H7F2N3O. The molecule has 0 radical (unpaired) electrons. The molecule has 0 spiro atoms. The molecule has 0 aliphatic heterocycles. The van der Waals surface area contributed by atoms with E-state index in [1.807, 2.05) is 0 Å². The van der Waals surface area contributed by atoms with E-state index in [2.05, 4.69) is 4.98 Å². The summed E-state index contributed by atoms with van der Waals surface area (Å²) < 4.78 is 25.0. The van der Waals surface area contributed by atoms with Crippen molar-refractivity contribution in [1.29, 1.82) is 5.26 Å². The van der Waals surface area contributed by atoms with E-state index in [0.717, 1.165) is 6.20 Å². The van der Waals surface area contributed by atoms with Crippen LogP contribution in [0.5, 0.6) is 5.75 Å². The zero-order chi connectivity index (χ0) is 10.7. The van der Waals surface area contributed by atoms with Crippen LogP contribution in [0.15, 0.2) is 6.20 Å². The molecule has 0 amide bonds. The first-order valence-electron chi connectivity index (χ1n) is 3.70. The Balaban J connectivity index is 3.46. The number of nitrogens with zero attached hydrogens (tertiary/aromatic N) is 2. The lowest BCUT2D eigenvalue weighted by molar-refractivity contribution is 0.149. The molecule has 0 aromatic carbocycles. The van der Waals surface area contributed by atoms with Gasteiger partial charge in [-0.3, -0.25) is 4.98 Å². The first-order chi connectivity index (χ1) is 6.61. The van der Waals surface area contributed by atoms with E-state index >= 15 is 0 Å². The van der Waals surface area contributed by atoms with Gasteiger partial charge in [-0.1, -0.05) is 0 Å². The molecule has 1 aromatic rings. The van der Waals surface area contributed by atoms with Gasteiger partial charge in [0, 0.05) is 6.54 Å². The largest absolute Gasteiger partial charge is 0.505 e. The number of hydrogen-bond donors (Lipinski definition) is 2. The number of aromatic hydroxyl groups is 1. The summed E-state index contributed by atoms with van der Waals surface area (Å²) in [6.45, 7) is -0.200. The Morgan fingerprint density at radius 2 is 2.29 bits per heavy atom. The maximum absolute atomic E-state index is 12.5. The molecule has 0 atom stereocenters. The molecule has 0 bridgehead atoms. The van der Waals surface area contributed by atoms with Gasteiger partial charge < -0.3 is 10.8 Å². The number of alkyl halides is 2. The molecule has 6 heteroatoms. The summed E-state index contributed by atoms with van der Waals surface area (Å²) in [4.78, 5) is 3.52. The second-order valence-corrected chi connectivity index (χ2v) is 2.50. The van der Waals surface area contributed by atoms with Crippen LogP contribution in [0.25, 0.3) is 0 Å². The van der Waals surface area contributed by atoms with Crippen LogP contribution in [0.4, 0.5) is 8.78 Å². The maximum atomic E-state index is 12.5. The topological polar surface area (TPSA) is 82.9 Å². The van der Waals surface area contributed by atoms with Crippen molar-refractivity contribution in [1.82, 2.24) is 4.98 Å². The smallest absolute Gasteiger partial charge is 0.267 e. The lowest BCUT2D eigenvalue weighted by Crippen LogP contribution is -2.07. The van der Waals surface area contributed by atoms with Crippen LogP contribution in [0, 0.1) is 11.3 Å². The van der Waals surface area contributed by atoms with Gasteiger partial charge in [-0.05, 0) is 0 Å². The van der Waals surface area contributed by atoms with Gasteiger partial charge in [0.25, 0.3) is 6.43 Å². The molecule has 1 heterocycles. The summed E-state index contributed by atoms with van der Waals surface area (Å²) in [7, 11) is 0. The minimum Gasteiger partial charge on any atom is -0.505 e. The SMILES string of the molecule is N#Cc1c(O)cnc(CN)c1C(F)F. The standard InChI is InChI=1S/C8H7F2N3O/c9-8(10)7-4(1-11)6(14)3-13-5(7)2-12/h3,8,14H,2,12H2. The highest BCUT2D eigenvalue weighted by Gasteiger charge is 2.21. The molecule has 4 nitrogen and oxygen atoms in total. The van der Waals surface area contributed by atoms with Crippen molar-refractivity contribution in [2.75, 3.05) is 0 Å². The second-order valence-electron chi connectivity index (χ2n) is 2.50. The quantitative estimate of drug-likeness (QED) is 0.745. The zero-order valence-corrected chi connectivity index (χ0v) is 7.04. The number of hydrogen-bond acceptors (Lipinski definition) is 4. The predicted molar refractivity (Wildman–Crippen MR) is 43.5 cm³/mol. The Kier molecular flexibility index (Phi) is 2.94. The molecule has 0 aliphatic rings. The van der Waals surface area contributed by atoms with Gasteiger partial charge in [-0.15, -0.1) is 0 Å². The first-order valence-corrected chi connectivity index (χ1v) is 3.70. The van der Waals surface area contributed by atoms with E-state index in [1.54, 1.807) is 0 Å². The van der Waals surface area contributed by atoms with Gasteiger partial charge in [0.05, 0.1) is 17.5 Å². The van der Waals surface area contributed by atoms with E-state index in [1.165, 1.54) is 6.07 Å². The highest BCUT2D eigenvalue weighted by atomic mass is 19.3. The number of rotatable bonds is 2. The summed E-state index contributed by atoms with van der Waals surface area (Å²) in [6.07, 6.45) is -1.94. The van der Waals surface area contributed by atoms with Gasteiger partial charge in [0.15, 0.2) is 5.75 Å². The Morgan fingerprint density at radius 1 is 1.64 bits per heavy atom. The highest BCUT2D eigenvalue weighted by molar-refractivity contribution is 5.49. The summed E-state index contributed by atoms with van der Waals surface area (Å²) >= 11 is 0. The number of nitriles is 1. The minimum absolute atomic E-state index is 0.0747. The number of pyridine rings is 1. The number of nitrogens with two attached hydrogens (primary N) is 1. The molecule has 0 saturated heterocycles. The summed E-state index contributed by atoms with van der Waals surface area (Å²) in [6, 6.07) is 1.49. The molecule has 1 aromatic heterocycles. The molecule has 0 unspecified atom stereocenters. The molecule has 3 N–H and O–H groups in total. The fourth-order valence-electron chi connectivity index (χ4n) is 1.07. The van der Waals surface area contributed by atoms with Crippen molar-refractivity contribution in [3.05, 3.63) is 23.0 Å². The van der Waals surface area contributed by atoms with E-state index in [4.69, 9.17) is 16.1 Å². The van der Waals surface area contributed by atoms with Crippen molar-refractivity contribution >= 4 is 0 Å². The maximum Gasteiger partial charge on any atom is 0.267 e. The van der Waals surface area contributed by atoms with Crippen molar-refractivity contribution < 1.29 is 13.9 Å². The molecule has 14 heavy (non-hydrogen) atoms. The van der Waals surface area contributed by atoms with Crippen LogP contribution in [-0.4, -0.2) is 10.1 Å². The average Bonchev–Trinajstić information content (AvgIpc) is 2.17. The third-order valence-electron chi connectivity index (χ3n) is 1.70. The van der Waals surface area contributed by atoms with Crippen LogP contribution in [0.3, 0.4) is 0 Å². The van der Waals surface area contributed by atoms with E-state index < -0.39 is 23.3 Å². The Labute approximate surface area is 78.6 Å². The third-order valence-corrected chi connectivity index (χ3v) is 1.70. The number of halogens is 2. The molecule has 0 aliphatic carbocycles. The lowest BCUT2D eigenvalue weighted by Gasteiger charge is -2.08. The molecular weight excluding hydrogens is 192 g/mol. The Bertz CT molecular complexity index is 387. The molecule has 0 fully saturated rings. The molecule has 74 valence electrons. The predicted octanol–water partition coefficient (Wildman–Crippen LogP) is 1.06. The van der Waals surface area contributed by atoms with Gasteiger partial charge in [0.2, 0.25) is 0 Å². The van der Waals surface area contributed by atoms with Crippen LogP contribution < -0.4 is 5.73 Å². The zero-order valence-electron chi connectivity index (χ0n) is 7.04. The van der Waals surface area contributed by atoms with Gasteiger partial charge in [-0.25, -0.2) is 8.78 Å². The fourth-order valence-corrected chi connectivity index (χ4v) is 1.07. The molecule has 0 saturated carbocycles. The fraction of sp³-hybridized carbons (Fsp3) is 0.250. The van der Waals surface area contributed by atoms with Gasteiger partial charge in [-0.2, -0.15) is 5.26 Å². The summed E-state index contributed by atoms with van der Waals surface area (Å²) in [5.74, 6) is -0.556. The Hall–Kier alpha value is -1.74. The summed E-state index contributed by atoms with van der Waals surface area (Å²) in [5, 5.41) is 17.7.